The predicted molar refractivity (Wildman–Crippen MR) is 86.7 cm³/mol. The van der Waals surface area contributed by atoms with E-state index in [1.165, 1.54) is 6.21 Å². The van der Waals surface area contributed by atoms with Gasteiger partial charge in [-0.15, -0.1) is 0 Å². The first-order valence-electron chi connectivity index (χ1n) is 6.18. The maximum absolute atomic E-state index is 11.9. The Morgan fingerprint density at radius 3 is 3.05 bits per heavy atom. The van der Waals surface area contributed by atoms with Crippen molar-refractivity contribution in [3.05, 3.63) is 49.1 Å². The van der Waals surface area contributed by atoms with E-state index in [1.807, 2.05) is 25.1 Å². The number of hydrogen-bond donors (Lipinski definition) is 1. The zero-order valence-corrected chi connectivity index (χ0v) is 13.9. The molecule has 0 aliphatic carbocycles. The quantitative estimate of drug-likeness (QED) is 0.664. The Labute approximate surface area is 134 Å². The molecule has 6 nitrogen and oxygen atoms in total. The number of H-pyrrole nitrogens is 1. The standard InChI is InChI=1S/C13H13BrN4O2S/c1-3-20-11-5-4-10(14)6-9(11)7-15-18-12(19)8(2)16-17-13(18)21/h4-7H,3H2,1-2H3,(H,17,21)/b15-7+. The topological polar surface area (TPSA) is 72.3 Å². The lowest BCUT2D eigenvalue weighted by Gasteiger charge is -2.07. The molecule has 0 atom stereocenters. The Morgan fingerprint density at radius 1 is 1.57 bits per heavy atom. The van der Waals surface area contributed by atoms with E-state index in [2.05, 4.69) is 31.2 Å². The van der Waals surface area contributed by atoms with E-state index >= 15 is 0 Å². The molecule has 8 heteroatoms. The number of hydrogen-bond acceptors (Lipinski definition) is 5. The van der Waals surface area contributed by atoms with Crippen molar-refractivity contribution in [3.63, 3.8) is 0 Å². The lowest BCUT2D eigenvalue weighted by Crippen LogP contribution is -2.22. The van der Waals surface area contributed by atoms with Crippen LogP contribution in [0.1, 0.15) is 18.2 Å². The van der Waals surface area contributed by atoms with Crippen LogP contribution in [0, 0.1) is 11.7 Å². The van der Waals surface area contributed by atoms with Crippen LogP contribution in [0.3, 0.4) is 0 Å². The number of ether oxygens (including phenoxy) is 1. The summed E-state index contributed by atoms with van der Waals surface area (Å²) in [6.45, 7) is 4.03. The van der Waals surface area contributed by atoms with E-state index in [-0.39, 0.29) is 10.3 Å². The molecule has 0 saturated heterocycles. The van der Waals surface area contributed by atoms with E-state index in [0.29, 0.717) is 18.1 Å². The van der Waals surface area contributed by atoms with E-state index < -0.39 is 0 Å². The first kappa shape index (κ1) is 15.6. The van der Waals surface area contributed by atoms with Gasteiger partial charge in [0.15, 0.2) is 0 Å². The monoisotopic (exact) mass is 368 g/mol. The Hall–Kier alpha value is -1.80. The van der Waals surface area contributed by atoms with E-state index in [1.54, 1.807) is 6.92 Å². The summed E-state index contributed by atoms with van der Waals surface area (Å²) in [5.41, 5.74) is 0.671. The minimum Gasteiger partial charge on any atom is -0.493 e. The fourth-order valence-electron chi connectivity index (χ4n) is 1.60. The second kappa shape index (κ2) is 6.77. The number of nitrogens with zero attached hydrogens (tertiary/aromatic N) is 3. The average molecular weight is 369 g/mol. The highest BCUT2D eigenvalue weighted by atomic mass is 79.9. The summed E-state index contributed by atoms with van der Waals surface area (Å²) in [6, 6.07) is 5.55. The molecular weight excluding hydrogens is 356 g/mol. The van der Waals surface area contributed by atoms with Crippen LogP contribution in [0.5, 0.6) is 5.75 Å². The summed E-state index contributed by atoms with van der Waals surface area (Å²) in [7, 11) is 0. The maximum Gasteiger partial charge on any atom is 0.296 e. The molecule has 21 heavy (non-hydrogen) atoms. The number of rotatable bonds is 4. The Morgan fingerprint density at radius 2 is 2.33 bits per heavy atom. The van der Waals surface area contributed by atoms with Crippen LogP contribution in [0.2, 0.25) is 0 Å². The number of halogens is 1. The van der Waals surface area contributed by atoms with Crippen molar-refractivity contribution in [2.75, 3.05) is 6.61 Å². The van der Waals surface area contributed by atoms with Crippen LogP contribution in [0.15, 0.2) is 32.6 Å². The van der Waals surface area contributed by atoms with Gasteiger partial charge in [0, 0.05) is 10.0 Å². The second-order valence-corrected chi connectivity index (χ2v) is 5.39. The van der Waals surface area contributed by atoms with Crippen LogP contribution >= 0.6 is 28.1 Å². The van der Waals surface area contributed by atoms with Crippen molar-refractivity contribution in [1.82, 2.24) is 14.9 Å². The fourth-order valence-corrected chi connectivity index (χ4v) is 2.16. The largest absolute Gasteiger partial charge is 0.493 e. The number of aryl methyl sites for hydroxylation is 1. The van der Waals surface area contributed by atoms with Crippen molar-refractivity contribution < 1.29 is 4.74 Å². The molecule has 0 saturated carbocycles. The molecule has 1 heterocycles. The SMILES string of the molecule is CCOc1ccc(Br)cc1/C=N/n1c(=S)[nH]nc(C)c1=O. The highest BCUT2D eigenvalue weighted by molar-refractivity contribution is 9.10. The molecule has 0 bridgehead atoms. The van der Waals surface area contributed by atoms with Crippen LogP contribution in [0.25, 0.3) is 0 Å². The third-order valence-electron chi connectivity index (χ3n) is 2.60. The molecule has 110 valence electrons. The van der Waals surface area contributed by atoms with Gasteiger partial charge in [0.1, 0.15) is 11.4 Å². The summed E-state index contributed by atoms with van der Waals surface area (Å²) >= 11 is 8.41. The Kier molecular flexibility index (Phi) is 5.03. The number of nitrogens with one attached hydrogen (secondary N) is 1. The van der Waals surface area contributed by atoms with Crippen molar-refractivity contribution in [1.29, 1.82) is 0 Å². The highest BCUT2D eigenvalue weighted by Crippen LogP contribution is 2.21. The van der Waals surface area contributed by atoms with Gasteiger partial charge in [-0.3, -0.25) is 9.89 Å². The first-order chi connectivity index (χ1) is 10.0. The number of aromatic nitrogens is 3. The van der Waals surface area contributed by atoms with Gasteiger partial charge in [0.2, 0.25) is 4.77 Å². The van der Waals surface area contributed by atoms with Crippen molar-refractivity contribution in [2.24, 2.45) is 5.10 Å². The smallest absolute Gasteiger partial charge is 0.296 e. The molecule has 0 aliphatic heterocycles. The highest BCUT2D eigenvalue weighted by Gasteiger charge is 2.04. The second-order valence-electron chi connectivity index (χ2n) is 4.09. The van der Waals surface area contributed by atoms with Gasteiger partial charge < -0.3 is 4.74 Å². The molecule has 0 unspecified atom stereocenters. The van der Waals surface area contributed by atoms with Gasteiger partial charge in [0.05, 0.1) is 12.8 Å². The number of benzene rings is 1. The zero-order valence-electron chi connectivity index (χ0n) is 11.5. The summed E-state index contributed by atoms with van der Waals surface area (Å²) in [5.74, 6) is 0.679. The molecule has 0 spiro atoms. The van der Waals surface area contributed by atoms with Gasteiger partial charge in [-0.2, -0.15) is 14.9 Å². The van der Waals surface area contributed by atoms with Crippen LogP contribution in [-0.2, 0) is 0 Å². The molecule has 0 radical (unpaired) electrons. The summed E-state index contributed by atoms with van der Waals surface area (Å²) in [4.78, 5) is 11.9. The van der Waals surface area contributed by atoms with Crippen molar-refractivity contribution in [2.45, 2.75) is 13.8 Å². The minimum atomic E-state index is -0.358. The van der Waals surface area contributed by atoms with Crippen molar-refractivity contribution in [3.8, 4) is 5.75 Å². The molecule has 2 aromatic rings. The molecule has 0 fully saturated rings. The maximum atomic E-state index is 11.9. The lowest BCUT2D eigenvalue weighted by molar-refractivity contribution is 0.339. The Bertz CT molecular complexity index is 797. The van der Waals surface area contributed by atoms with Crippen molar-refractivity contribution >= 4 is 34.4 Å². The molecule has 1 N–H and O–H groups in total. The Balaban J connectivity index is 2.47. The number of aromatic amines is 1. The van der Waals surface area contributed by atoms with Gasteiger partial charge in [0.25, 0.3) is 5.56 Å². The lowest BCUT2D eigenvalue weighted by atomic mass is 10.2. The molecule has 1 aromatic heterocycles. The van der Waals surface area contributed by atoms with Gasteiger partial charge in [-0.1, -0.05) is 15.9 Å². The van der Waals surface area contributed by atoms with E-state index in [4.69, 9.17) is 17.0 Å². The normalized spacial score (nSPS) is 11.0. The minimum absolute atomic E-state index is 0.134. The van der Waals surface area contributed by atoms with Crippen LogP contribution < -0.4 is 10.3 Å². The van der Waals surface area contributed by atoms with Gasteiger partial charge in [-0.05, 0) is 44.3 Å². The van der Waals surface area contributed by atoms with Gasteiger partial charge >= 0.3 is 0 Å². The molecule has 0 aliphatic rings. The molecule has 0 amide bonds. The molecular formula is C13H13BrN4O2S. The average Bonchev–Trinajstić information content (AvgIpc) is 2.46. The fraction of sp³-hybridized carbons (Fsp3) is 0.231. The molecule has 2 rings (SSSR count). The molecule has 1 aromatic carbocycles. The first-order valence-corrected chi connectivity index (χ1v) is 7.38. The third kappa shape index (κ3) is 3.64. The van der Waals surface area contributed by atoms with Crippen LogP contribution in [-0.4, -0.2) is 27.7 Å². The summed E-state index contributed by atoms with van der Waals surface area (Å²) < 4.78 is 7.63. The van der Waals surface area contributed by atoms with E-state index in [0.717, 1.165) is 14.7 Å². The zero-order chi connectivity index (χ0) is 15.4. The summed E-state index contributed by atoms with van der Waals surface area (Å²) in [5, 5.41) is 10.5. The van der Waals surface area contributed by atoms with Gasteiger partial charge in [-0.25, -0.2) is 0 Å². The third-order valence-corrected chi connectivity index (χ3v) is 3.35. The summed E-state index contributed by atoms with van der Waals surface area (Å²) in [6.07, 6.45) is 1.53. The van der Waals surface area contributed by atoms with E-state index in [9.17, 15) is 4.79 Å². The van der Waals surface area contributed by atoms with Crippen LogP contribution in [0.4, 0.5) is 0 Å². The predicted octanol–water partition coefficient (Wildman–Crippen LogP) is 2.65.